The molecule has 1 aliphatic heterocycles. The van der Waals surface area contributed by atoms with Crippen LogP contribution in [-0.4, -0.2) is 23.9 Å². The first-order valence-corrected chi connectivity index (χ1v) is 9.77. The monoisotopic (exact) mass is 307 g/mol. The van der Waals surface area contributed by atoms with Gasteiger partial charge >= 0.3 is 0 Å². The number of hydrogen-bond acceptors (Lipinski definition) is 1. The van der Waals surface area contributed by atoms with Gasteiger partial charge in [-0.2, -0.15) is 0 Å². The minimum Gasteiger partial charge on any atom is -0.339 e. The number of allylic oxidation sites excluding steroid dienone is 2. The number of carbonyl (C=O) groups excluding carboxylic acids is 1. The van der Waals surface area contributed by atoms with E-state index in [-0.39, 0.29) is 0 Å². The predicted molar refractivity (Wildman–Crippen MR) is 96.0 cm³/mol. The second-order valence-corrected chi connectivity index (χ2v) is 6.72. The van der Waals surface area contributed by atoms with Gasteiger partial charge in [0.05, 0.1) is 0 Å². The fraction of sp³-hybridized carbons (Fsp3) is 0.850. The van der Waals surface area contributed by atoms with Crippen LogP contribution in [0.4, 0.5) is 0 Å². The summed E-state index contributed by atoms with van der Waals surface area (Å²) in [5.74, 6) is 0.373. The molecule has 0 radical (unpaired) electrons. The molecule has 22 heavy (non-hydrogen) atoms. The highest BCUT2D eigenvalue weighted by molar-refractivity contribution is 5.78. The molecule has 2 nitrogen and oxygen atoms in total. The van der Waals surface area contributed by atoms with Gasteiger partial charge in [-0.1, -0.05) is 70.4 Å². The van der Waals surface area contributed by atoms with E-state index in [2.05, 4.69) is 19.1 Å². The standard InChI is InChI=1S/C20H37NO/c1-2-3-4-5-6-7-8-9-10-11-12-13-14-15-16-17-20(22)21-18-19-21/h9-10H,2-8,11-19H2,1H3/b10-9-. The van der Waals surface area contributed by atoms with Crippen molar-refractivity contribution in [1.82, 2.24) is 4.90 Å². The number of amides is 1. The molecule has 0 aromatic rings. The average molecular weight is 308 g/mol. The highest BCUT2D eigenvalue weighted by atomic mass is 16.2. The van der Waals surface area contributed by atoms with Crippen molar-refractivity contribution in [2.45, 2.75) is 96.8 Å². The van der Waals surface area contributed by atoms with Crippen LogP contribution in [0.25, 0.3) is 0 Å². The van der Waals surface area contributed by atoms with Gasteiger partial charge in [-0.25, -0.2) is 0 Å². The Morgan fingerprint density at radius 3 is 1.82 bits per heavy atom. The Hall–Kier alpha value is -0.790. The van der Waals surface area contributed by atoms with Gasteiger partial charge in [0.15, 0.2) is 0 Å². The van der Waals surface area contributed by atoms with Gasteiger partial charge in [0.25, 0.3) is 0 Å². The number of hydrogen-bond donors (Lipinski definition) is 0. The second kappa shape index (κ2) is 13.8. The summed E-state index contributed by atoms with van der Waals surface area (Å²) in [6.07, 6.45) is 22.6. The largest absolute Gasteiger partial charge is 0.339 e. The first kappa shape index (κ1) is 19.3. The van der Waals surface area contributed by atoms with Crippen molar-refractivity contribution in [3.05, 3.63) is 12.2 Å². The van der Waals surface area contributed by atoms with Crippen LogP contribution in [0.15, 0.2) is 12.2 Å². The van der Waals surface area contributed by atoms with E-state index in [0.29, 0.717) is 5.91 Å². The summed E-state index contributed by atoms with van der Waals surface area (Å²) in [5.41, 5.74) is 0. The smallest absolute Gasteiger partial charge is 0.222 e. The van der Waals surface area contributed by atoms with Gasteiger partial charge in [-0.15, -0.1) is 0 Å². The summed E-state index contributed by atoms with van der Waals surface area (Å²) in [7, 11) is 0. The minimum absolute atomic E-state index is 0.373. The third-order valence-electron chi connectivity index (χ3n) is 4.45. The molecular formula is C20H37NO. The lowest BCUT2D eigenvalue weighted by atomic mass is 10.1. The molecule has 0 bridgehead atoms. The Morgan fingerprint density at radius 1 is 0.773 bits per heavy atom. The van der Waals surface area contributed by atoms with Crippen LogP contribution in [-0.2, 0) is 4.79 Å². The number of carbonyl (C=O) groups is 1. The van der Waals surface area contributed by atoms with Crippen LogP contribution in [0.2, 0.25) is 0 Å². The molecule has 1 amide bonds. The topological polar surface area (TPSA) is 20.1 Å². The van der Waals surface area contributed by atoms with Crippen LogP contribution in [0.5, 0.6) is 0 Å². The lowest BCUT2D eigenvalue weighted by molar-refractivity contribution is -0.125. The maximum atomic E-state index is 11.5. The first-order chi connectivity index (χ1) is 10.8. The van der Waals surface area contributed by atoms with E-state index in [4.69, 9.17) is 0 Å². The van der Waals surface area contributed by atoms with Gasteiger partial charge in [0.2, 0.25) is 5.91 Å². The van der Waals surface area contributed by atoms with Crippen molar-refractivity contribution in [2.24, 2.45) is 0 Å². The first-order valence-electron chi connectivity index (χ1n) is 9.77. The van der Waals surface area contributed by atoms with Crippen molar-refractivity contribution in [3.63, 3.8) is 0 Å². The van der Waals surface area contributed by atoms with Crippen LogP contribution in [0.3, 0.4) is 0 Å². The zero-order valence-electron chi connectivity index (χ0n) is 14.8. The quantitative estimate of drug-likeness (QED) is 0.210. The fourth-order valence-electron chi connectivity index (χ4n) is 2.80. The molecule has 0 aromatic heterocycles. The summed E-state index contributed by atoms with van der Waals surface area (Å²) in [6.45, 7) is 4.28. The Kier molecular flexibility index (Phi) is 12.1. The molecule has 0 aromatic carbocycles. The van der Waals surface area contributed by atoms with Gasteiger partial charge in [-0.3, -0.25) is 4.79 Å². The molecule has 0 saturated carbocycles. The Bertz CT molecular complexity index is 294. The molecule has 1 saturated heterocycles. The molecule has 128 valence electrons. The van der Waals surface area contributed by atoms with E-state index in [9.17, 15) is 4.79 Å². The lowest BCUT2D eigenvalue weighted by Gasteiger charge is -2.01. The van der Waals surface area contributed by atoms with Crippen molar-refractivity contribution in [1.29, 1.82) is 0 Å². The van der Waals surface area contributed by atoms with Crippen molar-refractivity contribution < 1.29 is 4.79 Å². The zero-order chi connectivity index (χ0) is 15.9. The van der Waals surface area contributed by atoms with Crippen LogP contribution >= 0.6 is 0 Å². The highest BCUT2D eigenvalue weighted by Crippen LogP contribution is 2.12. The van der Waals surface area contributed by atoms with Crippen molar-refractivity contribution in [3.8, 4) is 0 Å². The summed E-state index contributed by atoms with van der Waals surface area (Å²) in [4.78, 5) is 13.4. The minimum atomic E-state index is 0.373. The molecule has 1 aliphatic rings. The van der Waals surface area contributed by atoms with E-state index >= 15 is 0 Å². The third-order valence-corrected chi connectivity index (χ3v) is 4.45. The van der Waals surface area contributed by atoms with E-state index in [0.717, 1.165) is 25.9 Å². The number of rotatable bonds is 15. The predicted octanol–water partition coefficient (Wildman–Crippen LogP) is 5.87. The molecule has 0 aliphatic carbocycles. The second-order valence-electron chi connectivity index (χ2n) is 6.72. The highest BCUT2D eigenvalue weighted by Gasteiger charge is 2.22. The molecule has 0 atom stereocenters. The molecule has 1 fully saturated rings. The normalized spacial score (nSPS) is 14.0. The van der Waals surface area contributed by atoms with E-state index in [1.807, 2.05) is 4.90 Å². The summed E-state index contributed by atoms with van der Waals surface area (Å²) >= 11 is 0. The van der Waals surface area contributed by atoms with Gasteiger partial charge < -0.3 is 4.90 Å². The van der Waals surface area contributed by atoms with Crippen molar-refractivity contribution >= 4 is 5.91 Å². The lowest BCUT2D eigenvalue weighted by Crippen LogP contribution is -2.09. The third kappa shape index (κ3) is 11.8. The van der Waals surface area contributed by atoms with Gasteiger partial charge in [-0.05, 0) is 32.1 Å². The maximum absolute atomic E-state index is 11.5. The zero-order valence-corrected chi connectivity index (χ0v) is 14.8. The maximum Gasteiger partial charge on any atom is 0.222 e. The molecule has 0 unspecified atom stereocenters. The summed E-state index contributed by atoms with van der Waals surface area (Å²) < 4.78 is 0. The SMILES string of the molecule is CCCCCCCC/C=C\CCCCCCCC(=O)N1CC1. The van der Waals surface area contributed by atoms with E-state index in [1.165, 1.54) is 77.0 Å². The fourth-order valence-corrected chi connectivity index (χ4v) is 2.80. The Labute approximate surface area is 138 Å². The Morgan fingerprint density at radius 2 is 1.27 bits per heavy atom. The van der Waals surface area contributed by atoms with E-state index in [1.54, 1.807) is 0 Å². The average Bonchev–Trinajstić information content (AvgIpc) is 3.36. The van der Waals surface area contributed by atoms with E-state index < -0.39 is 0 Å². The molecule has 1 heterocycles. The van der Waals surface area contributed by atoms with Crippen LogP contribution in [0, 0.1) is 0 Å². The molecular weight excluding hydrogens is 270 g/mol. The molecule has 2 heteroatoms. The number of unbranched alkanes of at least 4 members (excludes halogenated alkanes) is 11. The van der Waals surface area contributed by atoms with Crippen LogP contribution in [0.1, 0.15) is 96.8 Å². The van der Waals surface area contributed by atoms with Crippen molar-refractivity contribution in [2.75, 3.05) is 13.1 Å². The van der Waals surface area contributed by atoms with Gasteiger partial charge in [0.1, 0.15) is 0 Å². The molecule has 1 rings (SSSR count). The molecule has 0 N–H and O–H groups in total. The Balaban J connectivity index is 1.71. The van der Waals surface area contributed by atoms with Crippen LogP contribution < -0.4 is 0 Å². The summed E-state index contributed by atoms with van der Waals surface area (Å²) in [5, 5.41) is 0. The molecule has 0 spiro atoms. The number of nitrogens with zero attached hydrogens (tertiary/aromatic N) is 1. The van der Waals surface area contributed by atoms with Gasteiger partial charge in [0, 0.05) is 19.5 Å². The summed E-state index contributed by atoms with van der Waals surface area (Å²) in [6, 6.07) is 0.